The summed E-state index contributed by atoms with van der Waals surface area (Å²) < 4.78 is 40.4. The molecule has 1 amide bonds. The number of thioether (sulfide) groups is 1. The highest BCUT2D eigenvalue weighted by molar-refractivity contribution is 9.10. The molecular weight excluding hydrogens is 638 g/mol. The molecule has 0 aliphatic heterocycles. The first-order chi connectivity index (χ1) is 20.2. The molecule has 0 aliphatic carbocycles. The van der Waals surface area contributed by atoms with Crippen molar-refractivity contribution in [1.82, 2.24) is 5.43 Å². The zero-order valence-electron chi connectivity index (χ0n) is 23.3. The number of hydrazone groups is 1. The van der Waals surface area contributed by atoms with E-state index in [0.29, 0.717) is 33.8 Å². The van der Waals surface area contributed by atoms with Gasteiger partial charge in [0.05, 0.1) is 28.4 Å². The van der Waals surface area contributed by atoms with Crippen molar-refractivity contribution in [3.63, 3.8) is 0 Å². The molecule has 0 atom stereocenters. The number of methoxy groups -OCH3 is 1. The van der Waals surface area contributed by atoms with Crippen molar-refractivity contribution < 1.29 is 22.7 Å². The molecule has 218 valence electrons. The molecule has 0 unspecified atom stereocenters. The van der Waals surface area contributed by atoms with E-state index in [2.05, 4.69) is 26.5 Å². The summed E-state index contributed by atoms with van der Waals surface area (Å²) >= 11 is 5.03. The molecule has 0 aliphatic rings. The highest BCUT2D eigenvalue weighted by Crippen LogP contribution is 2.37. The second kappa shape index (κ2) is 14.4. The predicted octanol–water partition coefficient (Wildman–Crippen LogP) is 6.41. The fraction of sp³-hybridized carbons (Fsp3) is 0.161. The molecule has 8 nitrogen and oxygen atoms in total. The molecule has 0 aromatic heterocycles. The van der Waals surface area contributed by atoms with Crippen LogP contribution in [-0.4, -0.2) is 40.4 Å². The predicted molar refractivity (Wildman–Crippen MR) is 171 cm³/mol. The van der Waals surface area contributed by atoms with E-state index in [9.17, 15) is 13.2 Å². The van der Waals surface area contributed by atoms with Crippen molar-refractivity contribution in [2.75, 3.05) is 24.2 Å². The summed E-state index contributed by atoms with van der Waals surface area (Å²) in [5, 5.41) is 4.05. The number of nitrogens with zero attached hydrogens (tertiary/aromatic N) is 2. The number of hydrogen-bond acceptors (Lipinski definition) is 7. The standard InChI is InChI=1S/C31H30BrN3O5S2/c1-22-9-11-25(12-10-22)35(42(37,38)27-15-13-26(41-3)14-16-27)20-30(36)34-33-19-24-17-28(32)31(29(18-24)39-2)40-21-23-7-5-4-6-8-23/h4-19H,20-21H2,1-3H3,(H,34,36)/b33-19-. The van der Waals surface area contributed by atoms with Crippen LogP contribution in [0.2, 0.25) is 0 Å². The van der Waals surface area contributed by atoms with Crippen LogP contribution >= 0.6 is 27.7 Å². The van der Waals surface area contributed by atoms with E-state index in [1.165, 1.54) is 37.2 Å². The first kappa shape index (κ1) is 31.1. The number of amides is 1. The Bertz CT molecular complexity index is 1650. The number of aryl methyl sites for hydroxylation is 1. The zero-order valence-corrected chi connectivity index (χ0v) is 26.5. The lowest BCUT2D eigenvalue weighted by Gasteiger charge is -2.24. The molecule has 1 N–H and O–H groups in total. The lowest BCUT2D eigenvalue weighted by atomic mass is 10.2. The van der Waals surface area contributed by atoms with Gasteiger partial charge in [0.1, 0.15) is 13.2 Å². The van der Waals surface area contributed by atoms with Gasteiger partial charge < -0.3 is 9.47 Å². The van der Waals surface area contributed by atoms with Gasteiger partial charge in [0, 0.05) is 4.90 Å². The van der Waals surface area contributed by atoms with Crippen molar-refractivity contribution >= 4 is 55.5 Å². The van der Waals surface area contributed by atoms with Crippen molar-refractivity contribution in [3.8, 4) is 11.5 Å². The van der Waals surface area contributed by atoms with Crippen LogP contribution in [0.25, 0.3) is 0 Å². The molecule has 0 saturated carbocycles. The highest BCUT2D eigenvalue weighted by atomic mass is 79.9. The van der Waals surface area contributed by atoms with E-state index in [0.717, 1.165) is 20.3 Å². The molecule has 42 heavy (non-hydrogen) atoms. The Morgan fingerprint density at radius 2 is 1.71 bits per heavy atom. The summed E-state index contributed by atoms with van der Waals surface area (Å²) in [5.41, 5.74) is 5.41. The third-order valence-electron chi connectivity index (χ3n) is 6.14. The Hall–Kier alpha value is -3.80. The van der Waals surface area contributed by atoms with Crippen LogP contribution in [0, 0.1) is 6.92 Å². The summed E-state index contributed by atoms with van der Waals surface area (Å²) in [6.07, 6.45) is 3.36. The molecule has 4 aromatic carbocycles. The summed E-state index contributed by atoms with van der Waals surface area (Å²) in [6.45, 7) is 1.80. The van der Waals surface area contributed by atoms with Crippen LogP contribution in [0.3, 0.4) is 0 Å². The van der Waals surface area contributed by atoms with E-state index in [1.807, 2.05) is 43.5 Å². The monoisotopic (exact) mass is 667 g/mol. The lowest BCUT2D eigenvalue weighted by molar-refractivity contribution is -0.119. The number of rotatable bonds is 12. The molecule has 0 fully saturated rings. The molecule has 4 aromatic rings. The van der Waals surface area contributed by atoms with E-state index in [-0.39, 0.29) is 4.90 Å². The number of carbonyl (C=O) groups is 1. The maximum atomic E-state index is 13.6. The number of hydrogen-bond donors (Lipinski definition) is 1. The zero-order chi connectivity index (χ0) is 30.1. The Kier molecular flexibility index (Phi) is 10.7. The van der Waals surface area contributed by atoms with Crippen LogP contribution < -0.4 is 19.2 Å². The minimum Gasteiger partial charge on any atom is -0.493 e. The number of sulfonamides is 1. The van der Waals surface area contributed by atoms with Gasteiger partial charge in [0.25, 0.3) is 15.9 Å². The van der Waals surface area contributed by atoms with Crippen LogP contribution in [0.4, 0.5) is 5.69 Å². The van der Waals surface area contributed by atoms with E-state index in [1.54, 1.807) is 48.5 Å². The van der Waals surface area contributed by atoms with Crippen LogP contribution in [-0.2, 0) is 21.4 Å². The minimum atomic E-state index is -4.03. The van der Waals surface area contributed by atoms with Crippen molar-refractivity contribution in [3.05, 3.63) is 112 Å². The summed E-state index contributed by atoms with van der Waals surface area (Å²) in [4.78, 5) is 14.0. The van der Waals surface area contributed by atoms with Crippen molar-refractivity contribution in [2.24, 2.45) is 5.10 Å². The molecule has 0 spiro atoms. The van der Waals surface area contributed by atoms with E-state index in [4.69, 9.17) is 9.47 Å². The minimum absolute atomic E-state index is 0.0868. The number of nitrogens with one attached hydrogen (secondary N) is 1. The van der Waals surface area contributed by atoms with Gasteiger partial charge in [-0.1, -0.05) is 48.0 Å². The van der Waals surface area contributed by atoms with Crippen molar-refractivity contribution in [1.29, 1.82) is 0 Å². The quantitative estimate of drug-likeness (QED) is 0.107. The summed E-state index contributed by atoms with van der Waals surface area (Å²) in [6, 6.07) is 26.7. The number of carbonyl (C=O) groups excluding carboxylic acids is 1. The van der Waals surface area contributed by atoms with Gasteiger partial charge in [-0.05, 0) is 88.8 Å². The van der Waals surface area contributed by atoms with Crippen molar-refractivity contribution in [2.45, 2.75) is 23.3 Å². The van der Waals surface area contributed by atoms with E-state index < -0.39 is 22.5 Å². The fourth-order valence-corrected chi connectivity index (χ4v) is 6.33. The second-order valence-corrected chi connectivity index (χ2v) is 12.7. The maximum Gasteiger partial charge on any atom is 0.264 e. The maximum absolute atomic E-state index is 13.6. The molecule has 0 heterocycles. The number of anilines is 1. The van der Waals surface area contributed by atoms with Crippen LogP contribution in [0.1, 0.15) is 16.7 Å². The van der Waals surface area contributed by atoms with Gasteiger partial charge in [0.15, 0.2) is 11.5 Å². The third kappa shape index (κ3) is 7.93. The lowest BCUT2D eigenvalue weighted by Crippen LogP contribution is -2.39. The molecule has 11 heteroatoms. The number of halogens is 1. The molecular formula is C31H30BrN3O5S2. The van der Waals surface area contributed by atoms with Gasteiger partial charge in [-0.3, -0.25) is 9.10 Å². The molecule has 4 rings (SSSR count). The SMILES string of the molecule is COc1cc(/C=N\NC(=O)CN(c2ccc(C)cc2)S(=O)(=O)c2ccc(SC)cc2)cc(Br)c1OCc1ccccc1. The van der Waals surface area contributed by atoms with Crippen LogP contribution in [0.5, 0.6) is 11.5 Å². The van der Waals surface area contributed by atoms with Gasteiger partial charge >= 0.3 is 0 Å². The Morgan fingerprint density at radius 3 is 2.36 bits per heavy atom. The van der Waals surface area contributed by atoms with Gasteiger partial charge in [-0.15, -0.1) is 11.8 Å². The Labute approximate surface area is 258 Å². The Morgan fingerprint density at radius 1 is 1.02 bits per heavy atom. The molecule has 0 saturated heterocycles. The first-order valence-corrected chi connectivity index (χ1v) is 16.3. The Balaban J connectivity index is 1.49. The summed E-state index contributed by atoms with van der Waals surface area (Å²) in [7, 11) is -2.50. The third-order valence-corrected chi connectivity index (χ3v) is 9.26. The molecule has 0 radical (unpaired) electrons. The number of ether oxygens (including phenoxy) is 2. The van der Waals surface area contributed by atoms with Gasteiger partial charge in [-0.25, -0.2) is 13.8 Å². The van der Waals surface area contributed by atoms with Crippen LogP contribution in [0.15, 0.2) is 110 Å². The van der Waals surface area contributed by atoms with Gasteiger partial charge in [0.2, 0.25) is 0 Å². The van der Waals surface area contributed by atoms with E-state index >= 15 is 0 Å². The topological polar surface area (TPSA) is 97.3 Å². The first-order valence-electron chi connectivity index (χ1n) is 12.8. The highest BCUT2D eigenvalue weighted by Gasteiger charge is 2.27. The fourth-order valence-electron chi connectivity index (χ4n) is 3.93. The summed E-state index contributed by atoms with van der Waals surface area (Å²) in [5.74, 6) is 0.411. The normalized spacial score (nSPS) is 11.3. The smallest absolute Gasteiger partial charge is 0.264 e. The average Bonchev–Trinajstić information content (AvgIpc) is 3.00. The second-order valence-electron chi connectivity index (χ2n) is 9.12. The van der Waals surface area contributed by atoms with Gasteiger partial charge in [-0.2, -0.15) is 5.10 Å². The molecule has 0 bridgehead atoms. The largest absolute Gasteiger partial charge is 0.493 e. The average molecular weight is 669 g/mol. The number of benzene rings is 4.